The lowest BCUT2D eigenvalue weighted by Crippen LogP contribution is -2.14. The van der Waals surface area contributed by atoms with E-state index in [-0.39, 0.29) is 5.56 Å². The van der Waals surface area contributed by atoms with Crippen LogP contribution in [0.25, 0.3) is 0 Å². The second-order valence-electron chi connectivity index (χ2n) is 5.26. The average molecular weight is 321 g/mol. The van der Waals surface area contributed by atoms with Crippen molar-refractivity contribution in [1.29, 1.82) is 0 Å². The van der Waals surface area contributed by atoms with Gasteiger partial charge in [-0.1, -0.05) is 24.3 Å². The molecule has 5 heteroatoms. The van der Waals surface area contributed by atoms with E-state index in [4.69, 9.17) is 0 Å². The molecule has 3 aromatic rings. The first-order chi connectivity index (χ1) is 11.6. The minimum atomic E-state index is -0.449. The summed E-state index contributed by atoms with van der Waals surface area (Å²) in [6, 6.07) is 19.0. The van der Waals surface area contributed by atoms with Crippen LogP contribution < -0.4 is 10.2 Å². The Balaban J connectivity index is 1.72. The van der Waals surface area contributed by atoms with Crippen LogP contribution in [0.1, 0.15) is 10.4 Å². The predicted molar refractivity (Wildman–Crippen MR) is 93.1 cm³/mol. The molecule has 2 aromatic carbocycles. The fourth-order valence-corrected chi connectivity index (χ4v) is 2.28. The number of amides is 1. The molecule has 4 nitrogen and oxygen atoms in total. The van der Waals surface area contributed by atoms with Gasteiger partial charge in [0.05, 0.1) is 11.9 Å². The van der Waals surface area contributed by atoms with Crippen molar-refractivity contribution in [3.05, 3.63) is 84.3 Å². The van der Waals surface area contributed by atoms with Crippen LogP contribution in [0.5, 0.6) is 0 Å². The Hall–Kier alpha value is -3.21. The number of benzene rings is 2. The van der Waals surface area contributed by atoms with Crippen LogP contribution in [0.15, 0.2) is 72.9 Å². The molecule has 1 amide bonds. The quantitative estimate of drug-likeness (QED) is 0.782. The normalized spacial score (nSPS) is 10.2. The second-order valence-corrected chi connectivity index (χ2v) is 5.26. The van der Waals surface area contributed by atoms with Gasteiger partial charge >= 0.3 is 0 Å². The van der Waals surface area contributed by atoms with E-state index in [0.29, 0.717) is 5.82 Å². The van der Waals surface area contributed by atoms with Gasteiger partial charge in [0.15, 0.2) is 0 Å². The molecule has 120 valence electrons. The van der Waals surface area contributed by atoms with E-state index in [1.165, 1.54) is 18.2 Å². The summed E-state index contributed by atoms with van der Waals surface area (Å²) in [4.78, 5) is 18.3. The molecule has 24 heavy (non-hydrogen) atoms. The van der Waals surface area contributed by atoms with Crippen molar-refractivity contribution in [2.75, 3.05) is 17.3 Å². The van der Waals surface area contributed by atoms with Crippen LogP contribution in [0.2, 0.25) is 0 Å². The standard InChI is InChI=1S/C19H16FN3O/c1-23(16-8-3-2-4-9-16)17-10-11-18(21-13-17)22-19(24)14-6-5-7-15(20)12-14/h2-13H,1H3,(H,21,22,24). The maximum Gasteiger partial charge on any atom is 0.256 e. The molecule has 0 radical (unpaired) electrons. The van der Waals surface area contributed by atoms with Crippen molar-refractivity contribution in [1.82, 2.24) is 4.98 Å². The van der Waals surface area contributed by atoms with Crippen LogP contribution in [-0.4, -0.2) is 17.9 Å². The Bertz CT molecular complexity index is 835. The fourth-order valence-electron chi connectivity index (χ4n) is 2.28. The summed E-state index contributed by atoms with van der Waals surface area (Å²) < 4.78 is 13.2. The molecular formula is C19H16FN3O. The number of nitrogens with zero attached hydrogens (tertiary/aromatic N) is 2. The van der Waals surface area contributed by atoms with E-state index in [9.17, 15) is 9.18 Å². The maximum absolute atomic E-state index is 13.2. The molecule has 0 aliphatic heterocycles. The van der Waals surface area contributed by atoms with Gasteiger partial charge in [0.1, 0.15) is 11.6 Å². The minimum Gasteiger partial charge on any atom is -0.343 e. The lowest BCUT2D eigenvalue weighted by atomic mass is 10.2. The van der Waals surface area contributed by atoms with Crippen LogP contribution >= 0.6 is 0 Å². The third kappa shape index (κ3) is 3.57. The number of nitrogens with one attached hydrogen (secondary N) is 1. The van der Waals surface area contributed by atoms with Crippen LogP contribution in [0.3, 0.4) is 0 Å². The summed E-state index contributed by atoms with van der Waals surface area (Å²) in [6.07, 6.45) is 1.67. The highest BCUT2D eigenvalue weighted by Gasteiger charge is 2.09. The van der Waals surface area contributed by atoms with Gasteiger partial charge in [0, 0.05) is 18.3 Å². The molecule has 0 saturated carbocycles. The van der Waals surface area contributed by atoms with Crippen LogP contribution in [-0.2, 0) is 0 Å². The van der Waals surface area contributed by atoms with E-state index in [2.05, 4.69) is 10.3 Å². The lowest BCUT2D eigenvalue weighted by molar-refractivity contribution is 0.102. The van der Waals surface area contributed by atoms with Gasteiger partial charge in [-0.2, -0.15) is 0 Å². The summed E-state index contributed by atoms with van der Waals surface area (Å²) in [5, 5.41) is 2.66. The van der Waals surface area contributed by atoms with Gasteiger partial charge in [-0.05, 0) is 42.5 Å². The molecule has 0 atom stereocenters. The fraction of sp³-hybridized carbons (Fsp3) is 0.0526. The first-order valence-corrected chi connectivity index (χ1v) is 7.45. The Kier molecular flexibility index (Phi) is 4.52. The zero-order valence-corrected chi connectivity index (χ0v) is 13.1. The largest absolute Gasteiger partial charge is 0.343 e. The number of rotatable bonds is 4. The molecule has 1 heterocycles. The van der Waals surface area contributed by atoms with Crippen molar-refractivity contribution in [2.45, 2.75) is 0 Å². The first-order valence-electron chi connectivity index (χ1n) is 7.45. The molecule has 3 rings (SSSR count). The molecule has 0 bridgehead atoms. The summed E-state index contributed by atoms with van der Waals surface area (Å²) in [5.41, 5.74) is 2.18. The number of carbonyl (C=O) groups excluding carboxylic acids is 1. The maximum atomic E-state index is 13.2. The Labute approximate surface area is 139 Å². The van der Waals surface area contributed by atoms with Gasteiger partial charge < -0.3 is 10.2 Å². The third-order valence-electron chi connectivity index (χ3n) is 3.61. The van der Waals surface area contributed by atoms with Crippen molar-refractivity contribution in [3.8, 4) is 0 Å². The van der Waals surface area contributed by atoms with E-state index in [1.54, 1.807) is 18.3 Å². The van der Waals surface area contributed by atoms with Gasteiger partial charge in [-0.3, -0.25) is 4.79 Å². The van der Waals surface area contributed by atoms with E-state index >= 15 is 0 Å². The zero-order valence-electron chi connectivity index (χ0n) is 13.1. The zero-order chi connectivity index (χ0) is 16.9. The van der Waals surface area contributed by atoms with E-state index in [1.807, 2.05) is 48.3 Å². The Morgan fingerprint density at radius 1 is 1.00 bits per heavy atom. The topological polar surface area (TPSA) is 45.2 Å². The molecule has 0 spiro atoms. The monoisotopic (exact) mass is 321 g/mol. The van der Waals surface area contributed by atoms with E-state index in [0.717, 1.165) is 11.4 Å². The number of anilines is 3. The van der Waals surface area contributed by atoms with Gasteiger partial charge in [0.2, 0.25) is 0 Å². The number of para-hydroxylation sites is 1. The molecule has 0 aliphatic carbocycles. The molecule has 0 fully saturated rings. The summed E-state index contributed by atoms with van der Waals surface area (Å²) in [7, 11) is 1.94. The highest BCUT2D eigenvalue weighted by molar-refractivity contribution is 6.03. The van der Waals surface area contributed by atoms with Crippen LogP contribution in [0.4, 0.5) is 21.6 Å². The lowest BCUT2D eigenvalue weighted by Gasteiger charge is -2.19. The first kappa shape index (κ1) is 15.7. The molecule has 1 aromatic heterocycles. The summed E-state index contributed by atoms with van der Waals surface area (Å²) in [6.45, 7) is 0. The van der Waals surface area contributed by atoms with Gasteiger partial charge in [-0.15, -0.1) is 0 Å². The van der Waals surface area contributed by atoms with Crippen molar-refractivity contribution >= 4 is 23.1 Å². The molecular weight excluding hydrogens is 305 g/mol. The van der Waals surface area contributed by atoms with Gasteiger partial charge in [0.25, 0.3) is 5.91 Å². The van der Waals surface area contributed by atoms with Gasteiger partial charge in [-0.25, -0.2) is 9.37 Å². The van der Waals surface area contributed by atoms with E-state index < -0.39 is 11.7 Å². The molecule has 0 unspecified atom stereocenters. The average Bonchev–Trinajstić information content (AvgIpc) is 2.62. The second kappa shape index (κ2) is 6.91. The SMILES string of the molecule is CN(c1ccccc1)c1ccc(NC(=O)c2cccc(F)c2)nc1. The number of halogens is 1. The number of pyridine rings is 1. The number of carbonyl (C=O) groups is 1. The minimum absolute atomic E-state index is 0.252. The van der Waals surface area contributed by atoms with Crippen molar-refractivity contribution in [3.63, 3.8) is 0 Å². The number of hydrogen-bond donors (Lipinski definition) is 1. The summed E-state index contributed by atoms with van der Waals surface area (Å²) >= 11 is 0. The van der Waals surface area contributed by atoms with Crippen molar-refractivity contribution in [2.24, 2.45) is 0 Å². The third-order valence-corrected chi connectivity index (χ3v) is 3.61. The molecule has 0 aliphatic rings. The van der Waals surface area contributed by atoms with Crippen LogP contribution in [0, 0.1) is 5.82 Å². The molecule has 1 N–H and O–H groups in total. The Morgan fingerprint density at radius 2 is 1.79 bits per heavy atom. The predicted octanol–water partition coefficient (Wildman–Crippen LogP) is 4.24. The Morgan fingerprint density at radius 3 is 2.46 bits per heavy atom. The molecule has 0 saturated heterocycles. The number of aromatic nitrogens is 1. The highest BCUT2D eigenvalue weighted by atomic mass is 19.1. The summed E-state index contributed by atoms with van der Waals surface area (Å²) in [5.74, 6) is -0.434. The highest BCUT2D eigenvalue weighted by Crippen LogP contribution is 2.23. The van der Waals surface area contributed by atoms with Crippen molar-refractivity contribution < 1.29 is 9.18 Å². The number of hydrogen-bond acceptors (Lipinski definition) is 3. The smallest absolute Gasteiger partial charge is 0.256 e.